The number of aryl methyl sites for hydroxylation is 1. The highest BCUT2D eigenvalue weighted by molar-refractivity contribution is 5.40. The van der Waals surface area contributed by atoms with E-state index in [0.29, 0.717) is 5.92 Å². The van der Waals surface area contributed by atoms with Crippen LogP contribution < -0.4 is 5.73 Å². The summed E-state index contributed by atoms with van der Waals surface area (Å²) in [6.07, 6.45) is 2.71. The lowest BCUT2D eigenvalue weighted by molar-refractivity contribution is 0.597. The van der Waals surface area contributed by atoms with Gasteiger partial charge in [0, 0.05) is 7.05 Å². The molecule has 1 aromatic heterocycles. The monoisotopic (exact) mass is 153 g/mol. The van der Waals surface area contributed by atoms with Gasteiger partial charge in [0.1, 0.15) is 0 Å². The summed E-state index contributed by atoms with van der Waals surface area (Å²) in [4.78, 5) is 0. The Hall–Kier alpha value is -0.990. The largest absolute Gasteiger partial charge is 0.396 e. The standard InChI is InChI=1S/C8H15N3/c1-6(2)4-8-7(9)5-10-11(8)3/h5-6H,4,9H2,1-3H3. The van der Waals surface area contributed by atoms with Crippen molar-refractivity contribution in [1.82, 2.24) is 9.78 Å². The van der Waals surface area contributed by atoms with E-state index in [9.17, 15) is 0 Å². The molecule has 0 radical (unpaired) electrons. The summed E-state index contributed by atoms with van der Waals surface area (Å²) >= 11 is 0. The third kappa shape index (κ3) is 1.73. The first-order chi connectivity index (χ1) is 5.11. The van der Waals surface area contributed by atoms with Gasteiger partial charge in [-0.2, -0.15) is 5.10 Å². The predicted octanol–water partition coefficient (Wildman–Crippen LogP) is 1.20. The number of aromatic nitrogens is 2. The van der Waals surface area contributed by atoms with Crippen molar-refractivity contribution in [1.29, 1.82) is 0 Å². The Bertz CT molecular complexity index is 218. The van der Waals surface area contributed by atoms with Gasteiger partial charge in [-0.05, 0) is 12.3 Å². The molecule has 3 heteroatoms. The van der Waals surface area contributed by atoms with Gasteiger partial charge < -0.3 is 5.73 Å². The molecule has 0 atom stereocenters. The summed E-state index contributed by atoms with van der Waals surface area (Å²) in [6, 6.07) is 0. The number of nitrogen functional groups attached to an aromatic ring is 1. The third-order valence-electron chi connectivity index (χ3n) is 1.70. The molecule has 0 aliphatic heterocycles. The van der Waals surface area contributed by atoms with Crippen LogP contribution in [0.4, 0.5) is 5.69 Å². The van der Waals surface area contributed by atoms with E-state index in [1.54, 1.807) is 6.20 Å². The van der Waals surface area contributed by atoms with Crippen molar-refractivity contribution < 1.29 is 0 Å². The summed E-state index contributed by atoms with van der Waals surface area (Å²) < 4.78 is 1.84. The highest BCUT2D eigenvalue weighted by atomic mass is 15.3. The molecule has 0 saturated heterocycles. The molecule has 0 aromatic carbocycles. The molecule has 0 fully saturated rings. The maximum absolute atomic E-state index is 5.71. The minimum atomic E-state index is 0.632. The van der Waals surface area contributed by atoms with E-state index in [1.807, 2.05) is 11.7 Å². The molecular weight excluding hydrogens is 138 g/mol. The predicted molar refractivity (Wildman–Crippen MR) is 46.2 cm³/mol. The van der Waals surface area contributed by atoms with Crippen molar-refractivity contribution in [2.75, 3.05) is 5.73 Å². The van der Waals surface area contributed by atoms with Crippen LogP contribution >= 0.6 is 0 Å². The Morgan fingerprint density at radius 1 is 1.64 bits per heavy atom. The highest BCUT2D eigenvalue weighted by Crippen LogP contribution is 2.13. The number of hydrogen-bond donors (Lipinski definition) is 1. The molecule has 0 spiro atoms. The maximum Gasteiger partial charge on any atom is 0.0733 e. The Balaban J connectivity index is 2.83. The zero-order valence-electron chi connectivity index (χ0n) is 7.33. The number of hydrogen-bond acceptors (Lipinski definition) is 2. The molecule has 0 unspecified atom stereocenters. The van der Waals surface area contributed by atoms with Gasteiger partial charge >= 0.3 is 0 Å². The second-order valence-electron chi connectivity index (χ2n) is 3.27. The van der Waals surface area contributed by atoms with Gasteiger partial charge in [-0.1, -0.05) is 13.8 Å². The van der Waals surface area contributed by atoms with Gasteiger partial charge in [0.25, 0.3) is 0 Å². The van der Waals surface area contributed by atoms with Crippen molar-refractivity contribution in [3.05, 3.63) is 11.9 Å². The number of nitrogens with two attached hydrogens (primary N) is 1. The topological polar surface area (TPSA) is 43.8 Å². The average molecular weight is 153 g/mol. The molecule has 11 heavy (non-hydrogen) atoms. The molecule has 0 saturated carbocycles. The summed E-state index contributed by atoms with van der Waals surface area (Å²) in [5.74, 6) is 0.632. The summed E-state index contributed by atoms with van der Waals surface area (Å²) in [5.41, 5.74) is 7.65. The quantitative estimate of drug-likeness (QED) is 0.693. The van der Waals surface area contributed by atoms with E-state index >= 15 is 0 Å². The van der Waals surface area contributed by atoms with Gasteiger partial charge in [-0.15, -0.1) is 0 Å². The number of rotatable bonds is 2. The third-order valence-corrected chi connectivity index (χ3v) is 1.70. The van der Waals surface area contributed by atoms with Crippen LogP contribution in [-0.4, -0.2) is 9.78 Å². The fourth-order valence-electron chi connectivity index (χ4n) is 1.12. The molecule has 1 aromatic rings. The Kier molecular flexibility index (Phi) is 2.17. The normalized spacial score (nSPS) is 10.9. The van der Waals surface area contributed by atoms with Crippen LogP contribution in [0.5, 0.6) is 0 Å². The molecule has 0 bridgehead atoms. The Morgan fingerprint density at radius 3 is 2.64 bits per heavy atom. The Labute approximate surface area is 67.2 Å². The first-order valence-corrected chi connectivity index (χ1v) is 3.87. The zero-order chi connectivity index (χ0) is 8.43. The minimum absolute atomic E-state index is 0.632. The second-order valence-corrected chi connectivity index (χ2v) is 3.27. The van der Waals surface area contributed by atoms with E-state index in [2.05, 4.69) is 18.9 Å². The second kappa shape index (κ2) is 2.95. The SMILES string of the molecule is CC(C)Cc1c(N)cnn1C. The molecule has 0 amide bonds. The van der Waals surface area contributed by atoms with Crippen LogP contribution in [0.2, 0.25) is 0 Å². The molecule has 2 N–H and O–H groups in total. The smallest absolute Gasteiger partial charge is 0.0733 e. The lowest BCUT2D eigenvalue weighted by Gasteiger charge is -2.05. The molecule has 1 heterocycles. The molecule has 62 valence electrons. The minimum Gasteiger partial charge on any atom is -0.396 e. The summed E-state index contributed by atoms with van der Waals surface area (Å²) in [5, 5.41) is 4.06. The molecule has 0 aliphatic carbocycles. The fraction of sp³-hybridized carbons (Fsp3) is 0.625. The molecular formula is C8H15N3. The zero-order valence-corrected chi connectivity index (χ0v) is 7.33. The van der Waals surface area contributed by atoms with Crippen LogP contribution in [0.15, 0.2) is 6.20 Å². The van der Waals surface area contributed by atoms with Crippen LogP contribution in [0.1, 0.15) is 19.5 Å². The maximum atomic E-state index is 5.71. The van der Waals surface area contributed by atoms with Gasteiger partial charge in [-0.25, -0.2) is 0 Å². The van der Waals surface area contributed by atoms with E-state index in [0.717, 1.165) is 17.8 Å². The van der Waals surface area contributed by atoms with Crippen LogP contribution in [0, 0.1) is 5.92 Å². The molecule has 3 nitrogen and oxygen atoms in total. The van der Waals surface area contributed by atoms with E-state index < -0.39 is 0 Å². The lowest BCUT2D eigenvalue weighted by atomic mass is 10.1. The molecule has 1 rings (SSSR count). The van der Waals surface area contributed by atoms with Gasteiger partial charge in [0.2, 0.25) is 0 Å². The van der Waals surface area contributed by atoms with Crippen molar-refractivity contribution in [3.8, 4) is 0 Å². The van der Waals surface area contributed by atoms with Crippen molar-refractivity contribution in [2.24, 2.45) is 13.0 Å². The fourth-order valence-corrected chi connectivity index (χ4v) is 1.12. The Morgan fingerprint density at radius 2 is 2.27 bits per heavy atom. The van der Waals surface area contributed by atoms with Gasteiger partial charge in [0.05, 0.1) is 17.6 Å². The lowest BCUT2D eigenvalue weighted by Crippen LogP contribution is -2.04. The molecule has 0 aliphatic rings. The van der Waals surface area contributed by atoms with Crippen LogP contribution in [0.3, 0.4) is 0 Å². The van der Waals surface area contributed by atoms with E-state index in [1.165, 1.54) is 0 Å². The van der Waals surface area contributed by atoms with Crippen molar-refractivity contribution in [2.45, 2.75) is 20.3 Å². The van der Waals surface area contributed by atoms with E-state index in [-0.39, 0.29) is 0 Å². The first kappa shape index (κ1) is 8.11. The van der Waals surface area contributed by atoms with Gasteiger partial charge in [0.15, 0.2) is 0 Å². The number of anilines is 1. The van der Waals surface area contributed by atoms with Gasteiger partial charge in [-0.3, -0.25) is 4.68 Å². The highest BCUT2D eigenvalue weighted by Gasteiger charge is 2.06. The first-order valence-electron chi connectivity index (χ1n) is 3.87. The summed E-state index contributed by atoms with van der Waals surface area (Å²) in [6.45, 7) is 4.35. The number of nitrogens with zero attached hydrogens (tertiary/aromatic N) is 2. The van der Waals surface area contributed by atoms with E-state index in [4.69, 9.17) is 5.73 Å². The average Bonchev–Trinajstić information content (AvgIpc) is 2.18. The van der Waals surface area contributed by atoms with Crippen molar-refractivity contribution in [3.63, 3.8) is 0 Å². The van der Waals surface area contributed by atoms with Crippen molar-refractivity contribution >= 4 is 5.69 Å². The summed E-state index contributed by atoms with van der Waals surface area (Å²) in [7, 11) is 1.92. The van der Waals surface area contributed by atoms with Crippen LogP contribution in [-0.2, 0) is 13.5 Å². The van der Waals surface area contributed by atoms with Crippen LogP contribution in [0.25, 0.3) is 0 Å².